The second-order valence-electron chi connectivity index (χ2n) is 13.0. The van der Waals surface area contributed by atoms with E-state index in [2.05, 4.69) is 83.1 Å². The number of aliphatic hydroxyl groups is 1. The van der Waals surface area contributed by atoms with Gasteiger partial charge in [0.05, 0.1) is 31.7 Å². The Morgan fingerprint density at radius 1 is 1.02 bits per heavy atom. The van der Waals surface area contributed by atoms with Crippen molar-refractivity contribution in [3.05, 3.63) is 113 Å². The molecule has 0 spiro atoms. The highest BCUT2D eigenvalue weighted by molar-refractivity contribution is 5.88. The lowest BCUT2D eigenvalue weighted by Gasteiger charge is -2.28. The average Bonchev–Trinajstić information content (AvgIpc) is 3.53. The Labute approximate surface area is 284 Å². The Kier molecular flexibility index (Phi) is 11.5. The van der Waals surface area contributed by atoms with Crippen molar-refractivity contribution in [2.45, 2.75) is 83.3 Å². The molecule has 0 fully saturated rings. The van der Waals surface area contributed by atoms with Crippen LogP contribution in [-0.2, 0) is 28.9 Å². The number of nitrogens with zero attached hydrogens (tertiary/aromatic N) is 1. The number of aromatic nitrogens is 1. The summed E-state index contributed by atoms with van der Waals surface area (Å²) in [6, 6.07) is 20.4. The number of fused-ring (bicyclic) bond motifs is 4. The predicted octanol–water partition coefficient (Wildman–Crippen LogP) is 7.03. The maximum Gasteiger partial charge on any atom is 0.161 e. The summed E-state index contributed by atoms with van der Waals surface area (Å²) in [5.74, 6) is 1.48. The molecule has 1 aromatic heterocycles. The number of aliphatic hydroxyl groups excluding tert-OH is 1. The molecule has 1 unspecified atom stereocenters. The van der Waals surface area contributed by atoms with Gasteiger partial charge in [-0.05, 0) is 78.6 Å². The SMILES string of the molecule is CCCCC[C@H]1C[C@H](O)CCc2ccc(O)c(c2)OCc2cc(Cc3ccccc3)cc3cn(cc23)C2=C(C=CC(NCOC)N2)CO1. The molecule has 4 aromatic rings. The van der Waals surface area contributed by atoms with Gasteiger partial charge in [-0.15, -0.1) is 0 Å². The standard InChI is InChI=1S/C40H49N3O5/c1-3-4-6-11-35-22-34(44)15-12-29-13-16-37(45)38(21-29)48-26-33-20-30(18-28-9-7-5-8-10-28)19-32-23-43(24-36(32)33)40-31(25-47-35)14-17-39(42-40)41-27-46-2/h5,7-10,13-14,16-17,19-21,23-24,34-35,39,41-42,44-45H,3-4,6,11-12,15,18,22,25-27H2,1-2H3/t34-,35+,39?/m1/s1. The maximum atomic E-state index is 11.1. The monoisotopic (exact) mass is 651 g/mol. The van der Waals surface area contributed by atoms with Crippen LogP contribution in [0, 0.1) is 0 Å². The van der Waals surface area contributed by atoms with Gasteiger partial charge in [0.1, 0.15) is 12.4 Å². The van der Waals surface area contributed by atoms with Gasteiger partial charge < -0.3 is 34.3 Å². The Morgan fingerprint density at radius 3 is 2.73 bits per heavy atom. The molecule has 2 aliphatic rings. The van der Waals surface area contributed by atoms with Gasteiger partial charge in [-0.3, -0.25) is 5.32 Å². The van der Waals surface area contributed by atoms with Gasteiger partial charge in [0.15, 0.2) is 11.5 Å². The summed E-state index contributed by atoms with van der Waals surface area (Å²) in [5.41, 5.74) is 5.51. The molecule has 3 atom stereocenters. The predicted molar refractivity (Wildman–Crippen MR) is 191 cm³/mol. The molecule has 4 bridgehead atoms. The second-order valence-corrected chi connectivity index (χ2v) is 13.0. The summed E-state index contributed by atoms with van der Waals surface area (Å²) >= 11 is 0. The topological polar surface area (TPSA) is 97.1 Å². The van der Waals surface area contributed by atoms with E-state index in [1.54, 1.807) is 13.2 Å². The van der Waals surface area contributed by atoms with Crippen molar-refractivity contribution < 1.29 is 24.4 Å². The van der Waals surface area contributed by atoms with E-state index in [4.69, 9.17) is 14.2 Å². The van der Waals surface area contributed by atoms with E-state index in [1.165, 1.54) is 11.1 Å². The molecule has 48 heavy (non-hydrogen) atoms. The number of phenolic OH excluding ortho intramolecular Hbond substituents is 1. The maximum absolute atomic E-state index is 11.1. The number of hydrogen-bond acceptors (Lipinski definition) is 7. The lowest BCUT2D eigenvalue weighted by Crippen LogP contribution is -2.43. The van der Waals surface area contributed by atoms with Crippen LogP contribution in [-0.4, -0.2) is 53.6 Å². The molecule has 0 amide bonds. The van der Waals surface area contributed by atoms with Gasteiger partial charge in [-0.2, -0.15) is 0 Å². The van der Waals surface area contributed by atoms with E-state index in [9.17, 15) is 10.2 Å². The number of rotatable bonds is 9. The molecule has 6 rings (SSSR count). The van der Waals surface area contributed by atoms with E-state index in [0.717, 1.165) is 65.4 Å². The number of benzene rings is 3. The van der Waals surface area contributed by atoms with Crippen LogP contribution < -0.4 is 15.4 Å². The zero-order valence-electron chi connectivity index (χ0n) is 28.2. The third-order valence-electron chi connectivity index (χ3n) is 9.26. The van der Waals surface area contributed by atoms with Gasteiger partial charge in [0.2, 0.25) is 0 Å². The largest absolute Gasteiger partial charge is 0.504 e. The van der Waals surface area contributed by atoms with Crippen LogP contribution in [0.25, 0.3) is 16.6 Å². The number of phenols is 1. The fraction of sp³-hybridized carbons (Fsp3) is 0.400. The molecular weight excluding hydrogens is 602 g/mol. The fourth-order valence-corrected chi connectivity index (χ4v) is 6.65. The first-order chi connectivity index (χ1) is 23.5. The van der Waals surface area contributed by atoms with Crippen molar-refractivity contribution in [3.63, 3.8) is 0 Å². The molecule has 254 valence electrons. The van der Waals surface area contributed by atoms with E-state index in [1.807, 2.05) is 18.2 Å². The molecule has 3 aromatic carbocycles. The molecule has 8 heteroatoms. The number of unbranched alkanes of at least 4 members (excludes halogenated alkanes) is 2. The minimum atomic E-state index is -0.503. The van der Waals surface area contributed by atoms with Crippen molar-refractivity contribution in [3.8, 4) is 11.5 Å². The van der Waals surface area contributed by atoms with E-state index < -0.39 is 6.10 Å². The number of aromatic hydroxyl groups is 1. The van der Waals surface area contributed by atoms with Crippen molar-refractivity contribution in [2.24, 2.45) is 0 Å². The number of aryl methyl sites for hydroxylation is 1. The number of nitrogens with one attached hydrogen (secondary N) is 2. The fourth-order valence-electron chi connectivity index (χ4n) is 6.65. The van der Waals surface area contributed by atoms with Gasteiger partial charge in [-0.25, -0.2) is 0 Å². The quantitative estimate of drug-likeness (QED) is 0.114. The average molecular weight is 652 g/mol. The van der Waals surface area contributed by atoms with Crippen LogP contribution in [0.4, 0.5) is 0 Å². The van der Waals surface area contributed by atoms with Crippen LogP contribution in [0.5, 0.6) is 11.5 Å². The van der Waals surface area contributed by atoms with Crippen LogP contribution in [0.3, 0.4) is 0 Å². The third kappa shape index (κ3) is 8.68. The zero-order chi connectivity index (χ0) is 33.3. The smallest absolute Gasteiger partial charge is 0.161 e. The normalized spacial score (nSPS) is 20.2. The summed E-state index contributed by atoms with van der Waals surface area (Å²) in [6.07, 6.45) is 14.7. The first kappa shape index (κ1) is 33.8. The van der Waals surface area contributed by atoms with Crippen LogP contribution >= 0.6 is 0 Å². The number of dihydropyridines is 1. The molecule has 2 aliphatic heterocycles. The van der Waals surface area contributed by atoms with E-state index >= 15 is 0 Å². The lowest BCUT2D eigenvalue weighted by atomic mass is 9.99. The highest BCUT2D eigenvalue weighted by Gasteiger charge is 2.22. The molecule has 0 saturated heterocycles. The summed E-state index contributed by atoms with van der Waals surface area (Å²) in [6.45, 7) is 3.33. The van der Waals surface area contributed by atoms with Crippen molar-refractivity contribution >= 4 is 16.6 Å². The molecule has 3 heterocycles. The van der Waals surface area contributed by atoms with Crippen LogP contribution in [0.15, 0.2) is 90.8 Å². The molecule has 0 saturated carbocycles. The van der Waals surface area contributed by atoms with Gasteiger partial charge >= 0.3 is 0 Å². The van der Waals surface area contributed by atoms with Crippen molar-refractivity contribution in [1.29, 1.82) is 0 Å². The van der Waals surface area contributed by atoms with Gasteiger partial charge in [0, 0.05) is 35.8 Å². The van der Waals surface area contributed by atoms with Crippen LogP contribution in [0.2, 0.25) is 0 Å². The van der Waals surface area contributed by atoms with Crippen LogP contribution in [0.1, 0.15) is 67.7 Å². The van der Waals surface area contributed by atoms with E-state index in [-0.39, 0.29) is 18.0 Å². The summed E-state index contributed by atoms with van der Waals surface area (Å²) in [7, 11) is 1.67. The lowest BCUT2D eigenvalue weighted by molar-refractivity contribution is 0.0171. The molecule has 8 nitrogen and oxygen atoms in total. The molecule has 4 N–H and O–H groups in total. The first-order valence-electron chi connectivity index (χ1n) is 17.3. The van der Waals surface area contributed by atoms with Gasteiger partial charge in [-0.1, -0.05) is 74.7 Å². The van der Waals surface area contributed by atoms with Crippen molar-refractivity contribution in [2.75, 3.05) is 20.4 Å². The Morgan fingerprint density at radius 2 is 1.90 bits per heavy atom. The number of ether oxygens (including phenoxy) is 3. The number of methoxy groups -OCH3 is 1. The Balaban J connectivity index is 1.42. The summed E-state index contributed by atoms with van der Waals surface area (Å²) in [5, 5.41) is 31.1. The highest BCUT2D eigenvalue weighted by Crippen LogP contribution is 2.32. The number of hydrogen-bond donors (Lipinski definition) is 4. The third-order valence-corrected chi connectivity index (χ3v) is 9.26. The Hall–Kier alpha value is -4.08. The van der Waals surface area contributed by atoms with E-state index in [0.29, 0.717) is 45.0 Å². The second kappa shape index (κ2) is 16.3. The molecular formula is C40H49N3O5. The first-order valence-corrected chi connectivity index (χ1v) is 17.3. The molecule has 0 aliphatic carbocycles. The minimum absolute atomic E-state index is 0.0634. The summed E-state index contributed by atoms with van der Waals surface area (Å²) in [4.78, 5) is 0. The highest BCUT2D eigenvalue weighted by atomic mass is 16.5. The molecule has 0 radical (unpaired) electrons. The minimum Gasteiger partial charge on any atom is -0.504 e. The summed E-state index contributed by atoms with van der Waals surface area (Å²) < 4.78 is 20.4. The Bertz CT molecular complexity index is 1710. The van der Waals surface area contributed by atoms with Crippen molar-refractivity contribution in [1.82, 2.24) is 15.2 Å². The zero-order valence-corrected chi connectivity index (χ0v) is 28.2. The van der Waals surface area contributed by atoms with Gasteiger partial charge in [0.25, 0.3) is 0 Å².